The van der Waals surface area contributed by atoms with Gasteiger partial charge in [-0.1, -0.05) is 0 Å². The van der Waals surface area contributed by atoms with Crippen molar-refractivity contribution in [3.8, 4) is 5.82 Å². The van der Waals surface area contributed by atoms with E-state index in [4.69, 9.17) is 5.11 Å². The van der Waals surface area contributed by atoms with Gasteiger partial charge in [0, 0.05) is 31.7 Å². The first-order chi connectivity index (χ1) is 9.26. The average molecular weight is 260 g/mol. The van der Waals surface area contributed by atoms with Crippen molar-refractivity contribution in [2.75, 3.05) is 19.7 Å². The molecule has 0 unspecified atom stereocenters. The molecule has 0 spiro atoms. The fraction of sp³-hybridized carbons (Fsp3) is 0.308. The summed E-state index contributed by atoms with van der Waals surface area (Å²) in [6, 6.07) is 3.49. The molecule has 2 rings (SSSR count). The van der Waals surface area contributed by atoms with Gasteiger partial charge < -0.3 is 10.0 Å². The molecule has 0 aromatic carbocycles. The zero-order valence-electron chi connectivity index (χ0n) is 10.7. The Labute approximate surface area is 111 Å². The van der Waals surface area contributed by atoms with E-state index in [1.807, 2.05) is 6.92 Å². The maximum atomic E-state index is 12.1. The van der Waals surface area contributed by atoms with Crippen LogP contribution in [0.4, 0.5) is 0 Å². The van der Waals surface area contributed by atoms with Crippen LogP contribution in [0.3, 0.4) is 0 Å². The third-order valence-electron chi connectivity index (χ3n) is 2.80. The molecule has 2 aromatic heterocycles. The molecular formula is C13H16N4O2. The SMILES string of the molecule is CCN(CCO)C(=O)c1ccc(-n2ccnc2)nc1. The van der Waals surface area contributed by atoms with E-state index in [1.165, 1.54) is 6.20 Å². The third kappa shape index (κ3) is 2.97. The maximum Gasteiger partial charge on any atom is 0.255 e. The van der Waals surface area contributed by atoms with Gasteiger partial charge in [0.1, 0.15) is 12.1 Å². The number of hydrogen-bond donors (Lipinski definition) is 1. The number of aromatic nitrogens is 3. The molecule has 6 heteroatoms. The first-order valence-corrected chi connectivity index (χ1v) is 6.10. The molecule has 1 N–H and O–H groups in total. The van der Waals surface area contributed by atoms with Gasteiger partial charge in [0.05, 0.1) is 12.2 Å². The molecule has 19 heavy (non-hydrogen) atoms. The highest BCUT2D eigenvalue weighted by Crippen LogP contribution is 2.08. The Hall–Kier alpha value is -2.21. The zero-order chi connectivity index (χ0) is 13.7. The van der Waals surface area contributed by atoms with Gasteiger partial charge in [0.2, 0.25) is 0 Å². The van der Waals surface area contributed by atoms with Gasteiger partial charge in [0.15, 0.2) is 0 Å². The Morgan fingerprint density at radius 3 is 2.84 bits per heavy atom. The van der Waals surface area contributed by atoms with E-state index < -0.39 is 0 Å². The van der Waals surface area contributed by atoms with E-state index in [2.05, 4.69) is 9.97 Å². The monoisotopic (exact) mass is 260 g/mol. The van der Waals surface area contributed by atoms with Crippen LogP contribution in [-0.4, -0.2) is 50.1 Å². The molecule has 0 saturated heterocycles. The Kier molecular flexibility index (Phi) is 4.25. The largest absolute Gasteiger partial charge is 0.395 e. The standard InChI is InChI=1S/C13H16N4O2/c1-2-16(7-8-18)13(19)11-3-4-12(15-9-11)17-6-5-14-10-17/h3-6,9-10,18H,2,7-8H2,1H3. The highest BCUT2D eigenvalue weighted by molar-refractivity contribution is 5.94. The zero-order valence-corrected chi connectivity index (χ0v) is 10.7. The second kappa shape index (κ2) is 6.10. The predicted molar refractivity (Wildman–Crippen MR) is 70.0 cm³/mol. The Bertz CT molecular complexity index is 522. The maximum absolute atomic E-state index is 12.1. The van der Waals surface area contributed by atoms with E-state index in [9.17, 15) is 4.79 Å². The van der Waals surface area contributed by atoms with Gasteiger partial charge in [0.25, 0.3) is 5.91 Å². The molecule has 100 valence electrons. The minimum absolute atomic E-state index is 0.0415. The summed E-state index contributed by atoms with van der Waals surface area (Å²) in [4.78, 5) is 21.9. The van der Waals surface area contributed by atoms with Crippen LogP contribution in [0.25, 0.3) is 5.82 Å². The molecule has 0 radical (unpaired) electrons. The van der Waals surface area contributed by atoms with E-state index in [-0.39, 0.29) is 12.5 Å². The van der Waals surface area contributed by atoms with Crippen molar-refractivity contribution in [1.29, 1.82) is 0 Å². The smallest absolute Gasteiger partial charge is 0.255 e. The average Bonchev–Trinajstić information content (AvgIpc) is 2.98. The first kappa shape index (κ1) is 13.2. The molecule has 0 aliphatic carbocycles. The molecule has 0 aliphatic heterocycles. The van der Waals surface area contributed by atoms with Crippen molar-refractivity contribution in [2.45, 2.75) is 6.92 Å². The van der Waals surface area contributed by atoms with Crippen LogP contribution >= 0.6 is 0 Å². The fourth-order valence-electron chi connectivity index (χ4n) is 1.77. The van der Waals surface area contributed by atoms with Crippen molar-refractivity contribution in [2.24, 2.45) is 0 Å². The highest BCUT2D eigenvalue weighted by atomic mass is 16.3. The lowest BCUT2D eigenvalue weighted by atomic mass is 10.2. The van der Waals surface area contributed by atoms with Crippen molar-refractivity contribution in [1.82, 2.24) is 19.4 Å². The second-order valence-corrected chi connectivity index (χ2v) is 3.98. The summed E-state index contributed by atoms with van der Waals surface area (Å²) in [5, 5.41) is 8.91. The van der Waals surface area contributed by atoms with Crippen LogP contribution in [0.15, 0.2) is 37.1 Å². The van der Waals surface area contributed by atoms with Crippen LogP contribution < -0.4 is 0 Å². The van der Waals surface area contributed by atoms with Gasteiger partial charge in [-0.15, -0.1) is 0 Å². The van der Waals surface area contributed by atoms with Crippen LogP contribution in [0.1, 0.15) is 17.3 Å². The number of pyridine rings is 1. The number of carbonyl (C=O) groups excluding carboxylic acids is 1. The topological polar surface area (TPSA) is 71.2 Å². The van der Waals surface area contributed by atoms with Crippen LogP contribution in [0.5, 0.6) is 0 Å². The normalized spacial score (nSPS) is 10.4. The summed E-state index contributed by atoms with van der Waals surface area (Å²) in [6.07, 6.45) is 6.64. The summed E-state index contributed by atoms with van der Waals surface area (Å²) in [6.45, 7) is 2.72. The number of likely N-dealkylation sites (N-methyl/N-ethyl adjacent to an activating group) is 1. The van der Waals surface area contributed by atoms with Crippen molar-refractivity contribution >= 4 is 5.91 Å². The van der Waals surface area contributed by atoms with Crippen LogP contribution in [0.2, 0.25) is 0 Å². The predicted octanol–water partition coefficient (Wildman–Crippen LogP) is 0.722. The summed E-state index contributed by atoms with van der Waals surface area (Å²) >= 11 is 0. The first-order valence-electron chi connectivity index (χ1n) is 6.10. The minimum atomic E-state index is -0.124. The van der Waals surface area contributed by atoms with Crippen molar-refractivity contribution in [3.05, 3.63) is 42.6 Å². The van der Waals surface area contributed by atoms with E-state index >= 15 is 0 Å². The van der Waals surface area contributed by atoms with E-state index in [1.54, 1.807) is 40.3 Å². The molecule has 0 atom stereocenters. The van der Waals surface area contributed by atoms with Gasteiger partial charge >= 0.3 is 0 Å². The van der Waals surface area contributed by atoms with Gasteiger partial charge in [-0.05, 0) is 19.1 Å². The summed E-state index contributed by atoms with van der Waals surface area (Å²) < 4.78 is 1.76. The second-order valence-electron chi connectivity index (χ2n) is 3.98. The Morgan fingerprint density at radius 1 is 1.47 bits per heavy atom. The number of aliphatic hydroxyl groups excluding tert-OH is 1. The quantitative estimate of drug-likeness (QED) is 0.860. The van der Waals surface area contributed by atoms with Crippen LogP contribution in [-0.2, 0) is 0 Å². The molecule has 1 amide bonds. The summed E-state index contributed by atoms with van der Waals surface area (Å²) in [5.74, 6) is 0.584. The van der Waals surface area contributed by atoms with E-state index in [0.29, 0.717) is 24.5 Å². The number of aliphatic hydroxyl groups is 1. The summed E-state index contributed by atoms with van der Waals surface area (Å²) in [7, 11) is 0. The molecule has 2 aromatic rings. The number of amides is 1. The number of rotatable bonds is 5. The molecule has 0 fully saturated rings. The van der Waals surface area contributed by atoms with Crippen molar-refractivity contribution in [3.63, 3.8) is 0 Å². The van der Waals surface area contributed by atoms with E-state index in [0.717, 1.165) is 0 Å². The molecule has 6 nitrogen and oxygen atoms in total. The highest BCUT2D eigenvalue weighted by Gasteiger charge is 2.13. The third-order valence-corrected chi connectivity index (χ3v) is 2.80. The number of imidazole rings is 1. The van der Waals surface area contributed by atoms with Gasteiger partial charge in [-0.2, -0.15) is 0 Å². The molecule has 0 saturated carbocycles. The lowest BCUT2D eigenvalue weighted by Gasteiger charge is -2.19. The molecule has 0 bridgehead atoms. The Balaban J connectivity index is 2.16. The Morgan fingerprint density at radius 2 is 2.32 bits per heavy atom. The molecule has 0 aliphatic rings. The number of carbonyl (C=O) groups is 1. The fourth-order valence-corrected chi connectivity index (χ4v) is 1.77. The molecular weight excluding hydrogens is 244 g/mol. The van der Waals surface area contributed by atoms with Crippen molar-refractivity contribution < 1.29 is 9.90 Å². The van der Waals surface area contributed by atoms with Gasteiger partial charge in [-0.3, -0.25) is 9.36 Å². The minimum Gasteiger partial charge on any atom is -0.395 e. The lowest BCUT2D eigenvalue weighted by Crippen LogP contribution is -2.33. The van der Waals surface area contributed by atoms with Gasteiger partial charge in [-0.25, -0.2) is 9.97 Å². The number of nitrogens with zero attached hydrogens (tertiary/aromatic N) is 4. The number of hydrogen-bond acceptors (Lipinski definition) is 4. The van der Waals surface area contributed by atoms with Crippen LogP contribution in [0, 0.1) is 0 Å². The lowest BCUT2D eigenvalue weighted by molar-refractivity contribution is 0.0731. The summed E-state index contributed by atoms with van der Waals surface area (Å²) in [5.41, 5.74) is 0.513. The molecule has 2 heterocycles.